The van der Waals surface area contributed by atoms with Gasteiger partial charge in [-0.3, -0.25) is 4.79 Å². The van der Waals surface area contributed by atoms with Gasteiger partial charge in [0.2, 0.25) is 5.91 Å². The highest BCUT2D eigenvalue weighted by molar-refractivity contribution is 5.83. The lowest BCUT2D eigenvalue weighted by atomic mass is 9.84. The van der Waals surface area contributed by atoms with Crippen LogP contribution in [-0.2, 0) is 9.59 Å². The van der Waals surface area contributed by atoms with Gasteiger partial charge in [-0.15, -0.1) is 0 Å². The van der Waals surface area contributed by atoms with Crippen molar-refractivity contribution in [1.29, 1.82) is 0 Å². The molecule has 0 aromatic heterocycles. The number of carboxylic acid groups (broad SMARTS) is 1. The number of carbonyl (C=O) groups excluding carboxylic acids is 1. The number of rotatable bonds is 6. The largest absolute Gasteiger partial charge is 0.480 e. The summed E-state index contributed by atoms with van der Waals surface area (Å²) in [4.78, 5) is 23.1. The molecule has 0 saturated heterocycles. The van der Waals surface area contributed by atoms with Gasteiger partial charge in [0.15, 0.2) is 0 Å². The Labute approximate surface area is 114 Å². The first kappa shape index (κ1) is 16.0. The summed E-state index contributed by atoms with van der Waals surface area (Å²) in [7, 11) is 0. The summed E-state index contributed by atoms with van der Waals surface area (Å²) < 4.78 is 0. The molecule has 1 unspecified atom stereocenters. The molecule has 0 spiro atoms. The summed E-state index contributed by atoms with van der Waals surface area (Å²) >= 11 is 0. The average molecular weight is 270 g/mol. The zero-order valence-corrected chi connectivity index (χ0v) is 11.9. The molecule has 1 aliphatic rings. The minimum Gasteiger partial charge on any atom is -0.480 e. The number of hydrogen-bond acceptors (Lipinski definition) is 3. The number of nitrogens with two attached hydrogens (primary N) is 1. The fourth-order valence-electron chi connectivity index (χ4n) is 2.53. The van der Waals surface area contributed by atoms with Gasteiger partial charge in [-0.05, 0) is 39.0 Å². The second-order valence-corrected chi connectivity index (χ2v) is 6.27. The molecule has 1 atom stereocenters. The van der Waals surface area contributed by atoms with E-state index in [1.165, 1.54) is 0 Å². The van der Waals surface area contributed by atoms with Crippen LogP contribution in [-0.4, -0.2) is 28.6 Å². The van der Waals surface area contributed by atoms with Crippen LogP contribution in [0.5, 0.6) is 0 Å². The van der Waals surface area contributed by atoms with E-state index in [4.69, 9.17) is 5.73 Å². The standard InChI is InChI=1S/C14H26N2O3/c1-14(2,15)9-8-11(17)16-12(13(18)19)10-6-4-3-5-7-10/h10,12H,3-9,15H2,1-2H3,(H,16,17)(H,18,19). The minimum atomic E-state index is -0.924. The van der Waals surface area contributed by atoms with Crippen molar-refractivity contribution in [3.8, 4) is 0 Å². The summed E-state index contributed by atoms with van der Waals surface area (Å²) in [5, 5.41) is 11.9. The van der Waals surface area contributed by atoms with Gasteiger partial charge in [-0.25, -0.2) is 4.79 Å². The van der Waals surface area contributed by atoms with E-state index in [2.05, 4.69) is 5.32 Å². The number of carboxylic acids is 1. The van der Waals surface area contributed by atoms with Gasteiger partial charge < -0.3 is 16.2 Å². The first-order chi connectivity index (χ1) is 8.79. The van der Waals surface area contributed by atoms with Gasteiger partial charge >= 0.3 is 5.97 Å². The van der Waals surface area contributed by atoms with Crippen molar-refractivity contribution in [2.75, 3.05) is 0 Å². The summed E-state index contributed by atoms with van der Waals surface area (Å²) in [6.07, 6.45) is 5.88. The zero-order valence-electron chi connectivity index (χ0n) is 11.9. The molecule has 4 N–H and O–H groups in total. The predicted molar refractivity (Wildman–Crippen MR) is 73.6 cm³/mol. The Balaban J connectivity index is 2.48. The van der Waals surface area contributed by atoms with Crippen LogP contribution in [0, 0.1) is 5.92 Å². The van der Waals surface area contributed by atoms with E-state index in [-0.39, 0.29) is 18.2 Å². The van der Waals surface area contributed by atoms with Crippen LogP contribution < -0.4 is 11.1 Å². The van der Waals surface area contributed by atoms with Crippen molar-refractivity contribution in [3.05, 3.63) is 0 Å². The summed E-state index contributed by atoms with van der Waals surface area (Å²) in [5.74, 6) is -1.06. The first-order valence-corrected chi connectivity index (χ1v) is 7.10. The summed E-state index contributed by atoms with van der Waals surface area (Å²) in [6.45, 7) is 3.71. The van der Waals surface area contributed by atoms with Crippen LogP contribution in [0.1, 0.15) is 58.8 Å². The Morgan fingerprint density at radius 3 is 2.37 bits per heavy atom. The van der Waals surface area contributed by atoms with E-state index >= 15 is 0 Å². The zero-order chi connectivity index (χ0) is 14.5. The molecule has 0 aromatic rings. The second kappa shape index (κ2) is 6.89. The van der Waals surface area contributed by atoms with Crippen molar-refractivity contribution in [2.24, 2.45) is 11.7 Å². The Hall–Kier alpha value is -1.10. The van der Waals surface area contributed by atoms with Crippen LogP contribution in [0.3, 0.4) is 0 Å². The Morgan fingerprint density at radius 1 is 1.32 bits per heavy atom. The molecule has 1 fully saturated rings. The van der Waals surface area contributed by atoms with Crippen LogP contribution in [0.2, 0.25) is 0 Å². The van der Waals surface area contributed by atoms with Gasteiger partial charge in [0.05, 0.1) is 0 Å². The molecule has 1 aliphatic carbocycles. The highest BCUT2D eigenvalue weighted by Gasteiger charge is 2.30. The van der Waals surface area contributed by atoms with Crippen molar-refractivity contribution in [1.82, 2.24) is 5.32 Å². The van der Waals surface area contributed by atoms with Crippen LogP contribution in [0.15, 0.2) is 0 Å². The Bertz CT molecular complexity index is 317. The van der Waals surface area contributed by atoms with Crippen LogP contribution in [0.4, 0.5) is 0 Å². The molecule has 19 heavy (non-hydrogen) atoms. The third-order valence-electron chi connectivity index (χ3n) is 3.70. The molecule has 0 radical (unpaired) electrons. The number of nitrogens with one attached hydrogen (secondary N) is 1. The quantitative estimate of drug-likeness (QED) is 0.684. The fraction of sp³-hybridized carbons (Fsp3) is 0.857. The fourth-order valence-corrected chi connectivity index (χ4v) is 2.53. The molecule has 5 nitrogen and oxygen atoms in total. The average Bonchev–Trinajstić information content (AvgIpc) is 2.33. The smallest absolute Gasteiger partial charge is 0.326 e. The van der Waals surface area contributed by atoms with Crippen LogP contribution >= 0.6 is 0 Å². The van der Waals surface area contributed by atoms with Gasteiger partial charge in [0, 0.05) is 12.0 Å². The molecule has 1 amide bonds. The van der Waals surface area contributed by atoms with Gasteiger partial charge in [0.25, 0.3) is 0 Å². The molecule has 0 heterocycles. The maximum atomic E-state index is 11.8. The Morgan fingerprint density at radius 2 is 1.89 bits per heavy atom. The lowest BCUT2D eigenvalue weighted by Gasteiger charge is -2.28. The Kier molecular flexibility index (Phi) is 5.79. The van der Waals surface area contributed by atoms with Crippen molar-refractivity contribution in [2.45, 2.75) is 70.4 Å². The highest BCUT2D eigenvalue weighted by atomic mass is 16.4. The number of hydrogen-bond donors (Lipinski definition) is 3. The molecule has 0 aliphatic heterocycles. The summed E-state index contributed by atoms with van der Waals surface area (Å²) in [6, 6.07) is -0.742. The summed E-state index contributed by atoms with van der Waals surface area (Å²) in [5.41, 5.74) is 5.42. The van der Waals surface area contributed by atoms with E-state index in [0.717, 1.165) is 32.1 Å². The highest BCUT2D eigenvalue weighted by Crippen LogP contribution is 2.26. The maximum Gasteiger partial charge on any atom is 0.326 e. The normalized spacial score (nSPS) is 18.9. The van der Waals surface area contributed by atoms with Gasteiger partial charge in [0.1, 0.15) is 6.04 Å². The predicted octanol–water partition coefficient (Wildman–Crippen LogP) is 1.65. The lowest BCUT2D eigenvalue weighted by molar-refractivity contribution is -0.143. The van der Waals surface area contributed by atoms with E-state index in [1.54, 1.807) is 0 Å². The molecule has 0 aromatic carbocycles. The van der Waals surface area contributed by atoms with Gasteiger partial charge in [-0.2, -0.15) is 0 Å². The molecule has 1 rings (SSSR count). The molecule has 110 valence electrons. The third-order valence-corrected chi connectivity index (χ3v) is 3.70. The number of aliphatic carboxylic acids is 1. The monoisotopic (exact) mass is 270 g/mol. The topological polar surface area (TPSA) is 92.4 Å². The van der Waals surface area contributed by atoms with Crippen LogP contribution in [0.25, 0.3) is 0 Å². The molecular formula is C14H26N2O3. The lowest BCUT2D eigenvalue weighted by Crippen LogP contribution is -2.47. The van der Waals surface area contributed by atoms with Crippen molar-refractivity contribution in [3.63, 3.8) is 0 Å². The van der Waals surface area contributed by atoms with E-state index in [1.807, 2.05) is 13.8 Å². The molecular weight excluding hydrogens is 244 g/mol. The van der Waals surface area contributed by atoms with Crippen molar-refractivity contribution >= 4 is 11.9 Å². The number of carbonyl (C=O) groups is 2. The third kappa shape index (κ3) is 6.05. The second-order valence-electron chi connectivity index (χ2n) is 6.27. The minimum absolute atomic E-state index is 0.0705. The van der Waals surface area contributed by atoms with Crippen molar-refractivity contribution < 1.29 is 14.7 Å². The molecule has 0 bridgehead atoms. The maximum absolute atomic E-state index is 11.8. The molecule has 1 saturated carbocycles. The van der Waals surface area contributed by atoms with E-state index in [0.29, 0.717) is 6.42 Å². The first-order valence-electron chi connectivity index (χ1n) is 7.10. The number of amides is 1. The van der Waals surface area contributed by atoms with E-state index in [9.17, 15) is 14.7 Å². The SMILES string of the molecule is CC(C)(N)CCC(=O)NC(C(=O)O)C1CCCCC1. The molecule has 5 heteroatoms. The van der Waals surface area contributed by atoms with Gasteiger partial charge in [-0.1, -0.05) is 19.3 Å². The van der Waals surface area contributed by atoms with E-state index < -0.39 is 17.6 Å².